The van der Waals surface area contributed by atoms with Gasteiger partial charge < -0.3 is 4.74 Å². The Balaban J connectivity index is 2.38. The van der Waals surface area contributed by atoms with Gasteiger partial charge in [-0.25, -0.2) is 0 Å². The molecule has 0 heterocycles. The third-order valence-electron chi connectivity index (χ3n) is 2.43. The van der Waals surface area contributed by atoms with E-state index in [1.165, 1.54) is 18.4 Å². The minimum absolute atomic E-state index is 0.751. The molecule has 0 unspecified atom stereocenters. The lowest BCUT2D eigenvalue weighted by atomic mass is 10.1. The molecule has 1 fully saturated rings. The fourth-order valence-electron chi connectivity index (χ4n) is 1.50. The quantitative estimate of drug-likeness (QED) is 0.623. The zero-order chi connectivity index (χ0) is 9.26. The topological polar surface area (TPSA) is 9.23 Å². The first-order valence-electron chi connectivity index (χ1n) is 4.49. The molecule has 1 heteroatoms. The second-order valence-electron chi connectivity index (χ2n) is 3.38. The monoisotopic (exact) mass is 172 g/mol. The van der Waals surface area contributed by atoms with Crippen molar-refractivity contribution in [2.24, 2.45) is 0 Å². The van der Waals surface area contributed by atoms with E-state index in [0.29, 0.717) is 0 Å². The molecule has 1 nitrogen and oxygen atoms in total. The largest absolute Gasteiger partial charge is 0.495 e. The van der Waals surface area contributed by atoms with Crippen LogP contribution in [-0.2, 0) is 0 Å². The average Bonchev–Trinajstić information content (AvgIpc) is 3.00. The van der Waals surface area contributed by atoms with Gasteiger partial charge in [0.1, 0.15) is 5.75 Å². The van der Waals surface area contributed by atoms with E-state index in [4.69, 9.17) is 11.2 Å². The zero-order valence-corrected chi connectivity index (χ0v) is 7.71. The van der Waals surface area contributed by atoms with Crippen molar-refractivity contribution < 1.29 is 4.74 Å². The van der Waals surface area contributed by atoms with Gasteiger partial charge in [0.2, 0.25) is 0 Å². The summed E-state index contributed by atoms with van der Waals surface area (Å²) in [7, 11) is 1.66. The maximum Gasteiger partial charge on any atom is 0.134 e. The van der Waals surface area contributed by atoms with Gasteiger partial charge in [-0.05, 0) is 36.5 Å². The first-order valence-corrected chi connectivity index (χ1v) is 4.49. The number of ether oxygens (including phenoxy) is 1. The van der Waals surface area contributed by atoms with Gasteiger partial charge in [0, 0.05) is 0 Å². The van der Waals surface area contributed by atoms with Crippen molar-refractivity contribution >= 4 is 0 Å². The molecule has 1 aliphatic rings. The predicted octanol–water partition coefficient (Wildman–Crippen LogP) is 2.55. The highest BCUT2D eigenvalue weighted by Gasteiger charge is 2.23. The molecule has 1 aromatic carbocycles. The molecule has 1 aromatic rings. The van der Waals surface area contributed by atoms with Gasteiger partial charge >= 0.3 is 0 Å². The number of hydrogen-bond acceptors (Lipinski definition) is 1. The van der Waals surface area contributed by atoms with E-state index < -0.39 is 0 Å². The number of methoxy groups -OCH3 is 1. The molecule has 13 heavy (non-hydrogen) atoms. The van der Waals surface area contributed by atoms with Crippen LogP contribution in [0.1, 0.15) is 29.9 Å². The van der Waals surface area contributed by atoms with Crippen molar-refractivity contribution in [1.29, 1.82) is 0 Å². The van der Waals surface area contributed by atoms with E-state index in [1.54, 1.807) is 7.11 Å². The molecule has 0 aromatic heterocycles. The summed E-state index contributed by atoms with van der Waals surface area (Å²) in [5.74, 6) is 4.18. The fourth-order valence-corrected chi connectivity index (χ4v) is 1.50. The molecule has 0 saturated heterocycles. The second-order valence-corrected chi connectivity index (χ2v) is 3.38. The molecule has 0 spiro atoms. The van der Waals surface area contributed by atoms with Gasteiger partial charge in [0.05, 0.1) is 12.7 Å². The fraction of sp³-hybridized carbons (Fsp3) is 0.333. The van der Waals surface area contributed by atoms with E-state index in [-0.39, 0.29) is 0 Å². The maximum absolute atomic E-state index is 5.34. The van der Waals surface area contributed by atoms with Crippen molar-refractivity contribution in [3.05, 3.63) is 29.3 Å². The third kappa shape index (κ3) is 1.53. The van der Waals surface area contributed by atoms with Crippen LogP contribution in [0.15, 0.2) is 18.2 Å². The molecular formula is C12H12O. The van der Waals surface area contributed by atoms with E-state index in [1.807, 2.05) is 6.07 Å². The summed E-state index contributed by atoms with van der Waals surface area (Å²) in [6, 6.07) is 6.13. The Morgan fingerprint density at radius 3 is 2.77 bits per heavy atom. The van der Waals surface area contributed by atoms with Crippen LogP contribution in [0.4, 0.5) is 0 Å². The first-order chi connectivity index (χ1) is 6.35. The molecule has 2 rings (SSSR count). The Labute approximate surface area is 78.7 Å². The molecular weight excluding hydrogens is 160 g/mol. The summed E-state index contributed by atoms with van der Waals surface area (Å²) in [5.41, 5.74) is 2.20. The molecule has 1 aliphatic carbocycles. The molecule has 0 amide bonds. The van der Waals surface area contributed by atoms with Gasteiger partial charge in [-0.2, -0.15) is 0 Å². The predicted molar refractivity (Wildman–Crippen MR) is 52.9 cm³/mol. The first kappa shape index (κ1) is 8.19. The van der Waals surface area contributed by atoms with E-state index in [0.717, 1.165) is 17.2 Å². The van der Waals surface area contributed by atoms with Gasteiger partial charge in [-0.3, -0.25) is 0 Å². The molecule has 0 aliphatic heterocycles. The summed E-state index contributed by atoms with van der Waals surface area (Å²) in [6.07, 6.45) is 7.95. The summed E-state index contributed by atoms with van der Waals surface area (Å²) >= 11 is 0. The highest BCUT2D eigenvalue weighted by Crippen LogP contribution is 2.41. The van der Waals surface area contributed by atoms with Crippen LogP contribution in [0, 0.1) is 12.3 Å². The van der Waals surface area contributed by atoms with Crippen molar-refractivity contribution in [3.63, 3.8) is 0 Å². The number of terminal acetylenes is 1. The third-order valence-corrected chi connectivity index (χ3v) is 2.43. The lowest BCUT2D eigenvalue weighted by Gasteiger charge is -2.05. The van der Waals surface area contributed by atoms with Crippen molar-refractivity contribution in [2.45, 2.75) is 18.8 Å². The average molecular weight is 172 g/mol. The molecule has 66 valence electrons. The highest BCUT2D eigenvalue weighted by atomic mass is 16.5. The van der Waals surface area contributed by atoms with Gasteiger partial charge in [-0.1, -0.05) is 12.0 Å². The Morgan fingerprint density at radius 2 is 2.23 bits per heavy atom. The van der Waals surface area contributed by atoms with Crippen molar-refractivity contribution in [2.75, 3.05) is 7.11 Å². The van der Waals surface area contributed by atoms with Gasteiger partial charge in [0.15, 0.2) is 0 Å². The maximum atomic E-state index is 5.34. The van der Waals surface area contributed by atoms with E-state index >= 15 is 0 Å². The summed E-state index contributed by atoms with van der Waals surface area (Å²) in [4.78, 5) is 0. The standard InChI is InChI=1S/C12H12O/c1-3-9-4-7-11(10-5-6-10)8-12(9)13-2/h1,4,7-8,10H,5-6H2,2H3. The number of benzene rings is 1. The lowest BCUT2D eigenvalue weighted by Crippen LogP contribution is -1.89. The Bertz CT molecular complexity index is 356. The van der Waals surface area contributed by atoms with Gasteiger partial charge in [0.25, 0.3) is 0 Å². The van der Waals surface area contributed by atoms with Crippen LogP contribution in [-0.4, -0.2) is 7.11 Å². The Kier molecular flexibility index (Phi) is 1.98. The molecule has 0 bridgehead atoms. The van der Waals surface area contributed by atoms with Crippen LogP contribution >= 0.6 is 0 Å². The SMILES string of the molecule is C#Cc1ccc(C2CC2)cc1OC. The minimum Gasteiger partial charge on any atom is -0.495 e. The summed E-state index contributed by atoms with van der Waals surface area (Å²) in [6.45, 7) is 0. The van der Waals surface area contributed by atoms with E-state index in [9.17, 15) is 0 Å². The molecule has 0 N–H and O–H groups in total. The van der Waals surface area contributed by atoms with Gasteiger partial charge in [-0.15, -0.1) is 6.42 Å². The normalized spacial score (nSPS) is 15.1. The minimum atomic E-state index is 0.751. The number of hydrogen-bond donors (Lipinski definition) is 0. The lowest BCUT2D eigenvalue weighted by molar-refractivity contribution is 0.413. The van der Waals surface area contributed by atoms with Crippen LogP contribution in [0.25, 0.3) is 0 Å². The van der Waals surface area contributed by atoms with E-state index in [2.05, 4.69) is 18.1 Å². The van der Waals surface area contributed by atoms with Crippen LogP contribution in [0.2, 0.25) is 0 Å². The smallest absolute Gasteiger partial charge is 0.134 e. The van der Waals surface area contributed by atoms with Crippen molar-refractivity contribution in [1.82, 2.24) is 0 Å². The van der Waals surface area contributed by atoms with Crippen molar-refractivity contribution in [3.8, 4) is 18.1 Å². The Hall–Kier alpha value is -1.42. The number of rotatable bonds is 2. The second kappa shape index (κ2) is 3.14. The summed E-state index contributed by atoms with van der Waals surface area (Å²) in [5, 5.41) is 0. The van der Waals surface area contributed by atoms with Crippen LogP contribution < -0.4 is 4.74 Å². The van der Waals surface area contributed by atoms with Crippen LogP contribution in [0.3, 0.4) is 0 Å². The molecule has 0 atom stereocenters. The molecule has 0 radical (unpaired) electrons. The Morgan fingerprint density at radius 1 is 1.46 bits per heavy atom. The highest BCUT2D eigenvalue weighted by molar-refractivity contribution is 5.48. The molecule has 1 saturated carbocycles. The summed E-state index contributed by atoms with van der Waals surface area (Å²) < 4.78 is 5.21. The zero-order valence-electron chi connectivity index (χ0n) is 7.71. The van der Waals surface area contributed by atoms with Crippen LogP contribution in [0.5, 0.6) is 5.75 Å².